The number of methoxy groups -OCH3 is 8. The van der Waals surface area contributed by atoms with E-state index in [2.05, 4.69) is 9.98 Å². The minimum atomic E-state index is -0.933. The first-order chi connectivity index (χ1) is 29.3. The molecule has 0 amide bonds. The van der Waals surface area contributed by atoms with Crippen molar-refractivity contribution in [1.82, 2.24) is 0 Å². The molecular formula is C46H90N2O12P2Tc. The molecule has 2 aliphatic heterocycles. The van der Waals surface area contributed by atoms with Crippen LogP contribution in [0.5, 0.6) is 0 Å². The summed E-state index contributed by atoms with van der Waals surface area (Å²) in [5.41, 5.74) is -2.68. The summed E-state index contributed by atoms with van der Waals surface area (Å²) in [6.07, 6.45) is 15.5. The Balaban J connectivity index is 0. The normalized spacial score (nSPS) is 17.7. The molecule has 14 nitrogen and oxygen atoms in total. The minimum absolute atomic E-state index is 0. The van der Waals surface area contributed by atoms with Crippen LogP contribution in [0.15, 0.2) is 32.6 Å². The van der Waals surface area contributed by atoms with Gasteiger partial charge in [-0.15, -0.1) is 0 Å². The van der Waals surface area contributed by atoms with Crippen molar-refractivity contribution in [2.45, 2.75) is 116 Å². The smallest absolute Gasteiger partial charge is 0.213 e. The zero-order valence-electron chi connectivity index (χ0n) is 42.3. The standard InChI is InChI=1S/C22H36N2O6.2C12H27O3P.Tc/c1-19(2)13(15(25)21(5,6)29-19)17(27-9)23-11-12-24-18(28-10)14-16(26)22(7,8)30-20(14,3)4;2*1-13-7-4-10-16(11-5-8-14-2)12-6-9-15-3;/h25-26H,11-12H2,1-10H3;2*4-12H2,1-3H3;/i;;;1+1. The molecule has 0 spiro atoms. The molecule has 0 unspecified atom stereocenters. The van der Waals surface area contributed by atoms with E-state index in [1.54, 1.807) is 70.4 Å². The fourth-order valence-electron chi connectivity index (χ4n) is 7.67. The van der Waals surface area contributed by atoms with E-state index in [1.807, 2.05) is 27.7 Å². The summed E-state index contributed by atoms with van der Waals surface area (Å²) in [5.74, 6) is 0.170. The van der Waals surface area contributed by atoms with E-state index in [9.17, 15) is 10.2 Å². The fourth-order valence-corrected chi connectivity index (χ4v) is 13.0. The van der Waals surface area contributed by atoms with Crippen LogP contribution in [0.3, 0.4) is 0 Å². The van der Waals surface area contributed by atoms with Gasteiger partial charge in [-0.25, -0.2) is 9.98 Å². The Kier molecular flexibility index (Phi) is 36.1. The summed E-state index contributed by atoms with van der Waals surface area (Å²) >= 11 is 0. The van der Waals surface area contributed by atoms with Gasteiger partial charge in [0.05, 0.1) is 86.7 Å². The minimum Gasteiger partial charge on any atom is -0.873 e. The Morgan fingerprint density at radius 3 is 0.810 bits per heavy atom. The summed E-state index contributed by atoms with van der Waals surface area (Å²) in [6, 6.07) is 0. The molecule has 0 fully saturated rings. The third kappa shape index (κ3) is 25.2. The van der Waals surface area contributed by atoms with Gasteiger partial charge in [-0.2, -0.15) is 0 Å². The average Bonchev–Trinajstić information content (AvgIpc) is 3.48. The first-order valence-corrected chi connectivity index (χ1v) is 26.6. The first kappa shape index (κ1) is 64.3. The maximum Gasteiger partial charge on any atom is 0.213 e. The Bertz CT molecular complexity index is 1180. The summed E-state index contributed by atoms with van der Waals surface area (Å²) in [5, 5.41) is 25.5. The molecule has 0 atom stereocenters. The molecule has 0 aromatic carbocycles. The second kappa shape index (κ2) is 35.4. The molecule has 0 saturated heterocycles. The predicted molar refractivity (Wildman–Crippen MR) is 256 cm³/mol. The third-order valence-corrected chi connectivity index (χ3v) is 16.8. The van der Waals surface area contributed by atoms with Crippen molar-refractivity contribution in [3.8, 4) is 0 Å². The van der Waals surface area contributed by atoms with Crippen molar-refractivity contribution in [2.24, 2.45) is 9.98 Å². The second-order valence-electron chi connectivity index (χ2n) is 17.5. The second-order valence-corrected chi connectivity index (χ2v) is 23.5. The molecule has 17 heteroatoms. The van der Waals surface area contributed by atoms with Gasteiger partial charge in [0.2, 0.25) is 11.8 Å². The van der Waals surface area contributed by atoms with Crippen LogP contribution in [-0.4, -0.2) is 181 Å². The van der Waals surface area contributed by atoms with Crippen LogP contribution < -0.4 is 10.2 Å². The molecule has 0 aromatic rings. The summed E-state index contributed by atoms with van der Waals surface area (Å²) in [7, 11) is 13.2. The van der Waals surface area contributed by atoms with Crippen LogP contribution in [0.2, 0.25) is 0 Å². The van der Waals surface area contributed by atoms with Gasteiger partial charge in [-0.1, -0.05) is 11.5 Å². The van der Waals surface area contributed by atoms with E-state index in [0.29, 0.717) is 11.1 Å². The number of rotatable bonds is 29. The van der Waals surface area contributed by atoms with Gasteiger partial charge in [-0.3, -0.25) is 0 Å². The Labute approximate surface area is 399 Å². The molecule has 2 heterocycles. The molecular weight excluding hydrogens is 933 g/mol. The maximum atomic E-state index is 12.7. The summed E-state index contributed by atoms with van der Waals surface area (Å²) in [6.45, 7) is 20.1. The largest absolute Gasteiger partial charge is 0.873 e. The van der Waals surface area contributed by atoms with Gasteiger partial charge < -0.3 is 57.6 Å². The molecule has 2 rings (SSSR count). The molecule has 0 bridgehead atoms. The van der Waals surface area contributed by atoms with Crippen molar-refractivity contribution in [2.75, 3.05) is 147 Å². The van der Waals surface area contributed by atoms with Gasteiger partial charge in [0.15, 0.2) is 0 Å². The van der Waals surface area contributed by atoms with E-state index in [4.69, 9.17) is 47.4 Å². The van der Waals surface area contributed by atoms with Crippen LogP contribution in [0.4, 0.5) is 0 Å². The monoisotopic (exact) mass is 1020 g/mol. The van der Waals surface area contributed by atoms with Crippen LogP contribution in [0.25, 0.3) is 0 Å². The van der Waals surface area contributed by atoms with Gasteiger partial charge in [0, 0.05) is 168 Å². The SMILES string of the molecule is COC(=NCCN=C(OC)C1=C([O-])C(C)(C)OC1(C)C)C1=C([O-])C(C)(C)OC1(C)C.COCCC[PH+](CCCOC)CCCOC.COCCC[PH+](CCCOC)CCCOC.[99Tc]. The Morgan fingerprint density at radius 2 is 0.651 bits per heavy atom. The van der Waals surface area contributed by atoms with E-state index in [1.165, 1.54) is 89.7 Å². The Morgan fingerprint density at radius 1 is 0.429 bits per heavy atom. The van der Waals surface area contributed by atoms with Crippen molar-refractivity contribution in [3.63, 3.8) is 0 Å². The molecule has 2 aliphatic rings. The number of nitrogens with zero attached hydrogens (tertiary/aromatic N) is 2. The van der Waals surface area contributed by atoms with Crippen molar-refractivity contribution in [3.05, 3.63) is 22.7 Å². The molecule has 1 radical (unpaired) electrons. The molecule has 0 aliphatic carbocycles. The number of hydrogen-bond acceptors (Lipinski definition) is 14. The zero-order valence-corrected chi connectivity index (χ0v) is 46.2. The zero-order chi connectivity index (χ0) is 47.2. The van der Waals surface area contributed by atoms with Gasteiger partial charge in [-0.05, 0) is 55.4 Å². The predicted octanol–water partition coefficient (Wildman–Crippen LogP) is 6.10. The van der Waals surface area contributed by atoms with Gasteiger partial charge in [0.1, 0.15) is 0 Å². The molecule has 0 N–H and O–H groups in total. The molecule has 0 saturated carbocycles. The Hall–Kier alpha value is -0.791. The molecule has 63 heavy (non-hydrogen) atoms. The third-order valence-electron chi connectivity index (χ3n) is 10.5. The molecule has 0 aromatic heterocycles. The topological polar surface area (TPSA) is 163 Å². The van der Waals surface area contributed by atoms with E-state index in [-0.39, 0.29) is 72.4 Å². The number of ether oxygens (including phenoxy) is 10. The van der Waals surface area contributed by atoms with Crippen LogP contribution in [0.1, 0.15) is 93.9 Å². The van der Waals surface area contributed by atoms with Crippen LogP contribution in [0, 0.1) is 0 Å². The van der Waals surface area contributed by atoms with E-state index >= 15 is 0 Å². The maximum absolute atomic E-state index is 12.7. The van der Waals surface area contributed by atoms with E-state index < -0.39 is 22.4 Å². The number of aliphatic imine (C=N–C) groups is 2. The fraction of sp³-hybridized carbons (Fsp3) is 0.870. The van der Waals surface area contributed by atoms with Crippen LogP contribution >= 0.6 is 15.8 Å². The summed E-state index contributed by atoms with van der Waals surface area (Å²) < 4.78 is 53.2. The summed E-state index contributed by atoms with van der Waals surface area (Å²) in [4.78, 5) is 8.84. The van der Waals surface area contributed by atoms with Gasteiger partial charge in [0.25, 0.3) is 0 Å². The van der Waals surface area contributed by atoms with E-state index in [0.717, 1.165) is 39.6 Å². The average molecular weight is 1020 g/mol. The number of hydrogen-bond donors (Lipinski definition) is 0. The van der Waals surface area contributed by atoms with Crippen molar-refractivity contribution in [1.29, 1.82) is 0 Å². The first-order valence-electron chi connectivity index (χ1n) is 22.3. The van der Waals surface area contributed by atoms with Crippen molar-refractivity contribution >= 4 is 27.6 Å². The van der Waals surface area contributed by atoms with Gasteiger partial charge >= 0.3 is 0 Å². The van der Waals surface area contributed by atoms with Crippen molar-refractivity contribution < 1.29 is 77.7 Å². The van der Waals surface area contributed by atoms with Crippen LogP contribution in [-0.2, 0) is 67.5 Å². The quantitative estimate of drug-likeness (QED) is 0.0367. The molecule has 373 valence electrons.